The summed E-state index contributed by atoms with van der Waals surface area (Å²) in [5, 5.41) is 11.9. The summed E-state index contributed by atoms with van der Waals surface area (Å²) in [5.41, 5.74) is -0.0882. The van der Waals surface area contributed by atoms with Gasteiger partial charge in [0.05, 0.1) is 24.2 Å². The van der Waals surface area contributed by atoms with Gasteiger partial charge in [0.25, 0.3) is 5.91 Å². The second-order valence-corrected chi connectivity index (χ2v) is 14.6. The summed E-state index contributed by atoms with van der Waals surface area (Å²) < 4.78 is 12.6. The molecule has 7 atom stereocenters. The molecule has 0 radical (unpaired) electrons. The van der Waals surface area contributed by atoms with Gasteiger partial charge in [-0.1, -0.05) is 76.2 Å². The van der Waals surface area contributed by atoms with Gasteiger partial charge in [-0.3, -0.25) is 14.4 Å². The van der Waals surface area contributed by atoms with Gasteiger partial charge in [0.2, 0.25) is 11.8 Å². The van der Waals surface area contributed by atoms with Crippen molar-refractivity contribution in [3.05, 3.63) is 71.8 Å². The van der Waals surface area contributed by atoms with Gasteiger partial charge >= 0.3 is 7.12 Å². The fourth-order valence-electron chi connectivity index (χ4n) is 7.63. The Labute approximate surface area is 278 Å². The zero-order valence-electron chi connectivity index (χ0n) is 28.4. The third kappa shape index (κ3) is 7.17. The van der Waals surface area contributed by atoms with E-state index in [1.54, 1.807) is 31.2 Å². The Hall–Kier alpha value is -3.54. The molecule has 47 heavy (non-hydrogen) atoms. The summed E-state index contributed by atoms with van der Waals surface area (Å²) in [5.74, 6) is -0.365. The number of rotatable bonds is 14. The molecule has 10 nitrogen and oxygen atoms in total. The van der Waals surface area contributed by atoms with E-state index in [9.17, 15) is 19.2 Å². The van der Waals surface area contributed by atoms with Crippen LogP contribution in [0.4, 0.5) is 0 Å². The van der Waals surface area contributed by atoms with Gasteiger partial charge in [0.1, 0.15) is 17.9 Å². The molecule has 3 saturated carbocycles. The standard InChI is InChI=1S/C36H49BN4O6/c1-23(2)36(21-42,41-32(44)26-15-11-8-12-16-26)20-38-28(17-25-13-9-7-10-14-25)33(45)40-24(3)31(43)39-22-37-46-30-19-27-18-29(34(27,4)5)35(30,6)47-37/h7-16,21,23-24,27-30,38H,17-20,22H2,1-6H3,(H,39,43)(H,40,45)(H,41,44). The van der Waals surface area contributed by atoms with Gasteiger partial charge in [-0.05, 0) is 74.0 Å². The maximum Gasteiger partial charge on any atom is 0.478 e. The van der Waals surface area contributed by atoms with Crippen molar-refractivity contribution in [3.63, 3.8) is 0 Å². The molecular weight excluding hydrogens is 595 g/mol. The molecule has 1 aliphatic heterocycles. The molecule has 252 valence electrons. The molecule has 2 aromatic carbocycles. The van der Waals surface area contributed by atoms with Gasteiger partial charge in [-0.15, -0.1) is 0 Å². The predicted molar refractivity (Wildman–Crippen MR) is 180 cm³/mol. The second-order valence-electron chi connectivity index (χ2n) is 14.6. The average Bonchev–Trinajstić information content (AvgIpc) is 3.41. The number of aldehydes is 1. The molecule has 11 heteroatoms. The van der Waals surface area contributed by atoms with E-state index < -0.39 is 30.6 Å². The number of carbonyl (C=O) groups is 4. The van der Waals surface area contributed by atoms with Crippen molar-refractivity contribution in [2.75, 3.05) is 13.0 Å². The van der Waals surface area contributed by atoms with E-state index in [1.807, 2.05) is 50.2 Å². The van der Waals surface area contributed by atoms with Gasteiger partial charge in [0, 0.05) is 12.1 Å². The van der Waals surface area contributed by atoms with Crippen LogP contribution in [-0.4, -0.2) is 73.4 Å². The topological polar surface area (TPSA) is 135 Å². The zero-order chi connectivity index (χ0) is 34.0. The Morgan fingerprint density at radius 3 is 2.26 bits per heavy atom. The van der Waals surface area contributed by atoms with Gasteiger partial charge in [-0.25, -0.2) is 0 Å². The van der Waals surface area contributed by atoms with Crippen LogP contribution in [0.1, 0.15) is 70.3 Å². The number of nitrogens with one attached hydrogen (secondary N) is 4. The van der Waals surface area contributed by atoms with Crippen LogP contribution in [0.5, 0.6) is 0 Å². The number of amides is 3. The number of hydrogen-bond donors (Lipinski definition) is 4. The molecule has 0 aromatic heterocycles. The van der Waals surface area contributed by atoms with E-state index >= 15 is 0 Å². The normalized spacial score (nSPS) is 26.6. The Kier molecular flexibility index (Phi) is 10.3. The van der Waals surface area contributed by atoms with Crippen molar-refractivity contribution >= 4 is 31.1 Å². The van der Waals surface area contributed by atoms with Crippen molar-refractivity contribution in [3.8, 4) is 0 Å². The first-order chi connectivity index (χ1) is 22.3. The van der Waals surface area contributed by atoms with Crippen LogP contribution in [0.2, 0.25) is 0 Å². The van der Waals surface area contributed by atoms with Crippen LogP contribution < -0.4 is 21.3 Å². The van der Waals surface area contributed by atoms with E-state index in [-0.39, 0.29) is 47.8 Å². The van der Waals surface area contributed by atoms with Crippen LogP contribution in [0, 0.1) is 23.2 Å². The minimum absolute atomic E-state index is 0.00713. The first-order valence-corrected chi connectivity index (χ1v) is 16.8. The summed E-state index contributed by atoms with van der Waals surface area (Å²) in [7, 11) is -0.543. The minimum Gasteiger partial charge on any atom is -0.404 e. The molecule has 1 saturated heterocycles. The zero-order valence-corrected chi connectivity index (χ0v) is 28.4. The summed E-state index contributed by atoms with van der Waals surface area (Å²) in [6.07, 6.45) is 3.35. The van der Waals surface area contributed by atoms with Crippen molar-refractivity contribution in [1.82, 2.24) is 21.3 Å². The first kappa shape index (κ1) is 34.8. The van der Waals surface area contributed by atoms with Gasteiger partial charge in [-0.2, -0.15) is 0 Å². The molecule has 6 rings (SSSR count). The number of hydrogen-bond acceptors (Lipinski definition) is 7. The van der Waals surface area contributed by atoms with Gasteiger partial charge in [0.15, 0.2) is 0 Å². The summed E-state index contributed by atoms with van der Waals surface area (Å²) in [4.78, 5) is 52.4. The maximum atomic E-state index is 13.7. The van der Waals surface area contributed by atoms with Gasteiger partial charge < -0.3 is 35.4 Å². The lowest BCUT2D eigenvalue weighted by Crippen LogP contribution is -2.65. The smallest absolute Gasteiger partial charge is 0.404 e. The molecule has 3 aliphatic carbocycles. The molecule has 2 bridgehead atoms. The molecule has 4 fully saturated rings. The number of carbonyl (C=O) groups excluding carboxylic acids is 4. The van der Waals surface area contributed by atoms with Crippen LogP contribution in [0.25, 0.3) is 0 Å². The maximum absolute atomic E-state index is 13.7. The molecule has 2 aromatic rings. The minimum atomic E-state index is -1.28. The summed E-state index contributed by atoms with van der Waals surface area (Å²) in [6.45, 7) is 12.1. The van der Waals surface area contributed by atoms with Crippen molar-refractivity contribution in [2.45, 2.75) is 90.1 Å². The average molecular weight is 645 g/mol. The molecule has 4 aliphatic rings. The molecule has 1 heterocycles. The lowest BCUT2D eigenvalue weighted by molar-refractivity contribution is -0.199. The summed E-state index contributed by atoms with van der Waals surface area (Å²) in [6, 6.07) is 16.5. The molecular formula is C36H49BN4O6. The van der Waals surface area contributed by atoms with Crippen LogP contribution in [0.15, 0.2) is 60.7 Å². The Balaban J connectivity index is 1.20. The van der Waals surface area contributed by atoms with Crippen molar-refractivity contribution in [2.24, 2.45) is 23.2 Å². The highest BCUT2D eigenvalue weighted by Gasteiger charge is 2.67. The SMILES string of the molecule is CC(NC(=O)C(Cc1ccccc1)NCC(C=O)(NC(=O)c1ccccc1)C(C)C)C(=O)NCB1OC2CC3CC(C3(C)C)C2(C)O1. The highest BCUT2D eigenvalue weighted by Crippen LogP contribution is 2.65. The summed E-state index contributed by atoms with van der Waals surface area (Å²) >= 11 is 0. The lowest BCUT2D eigenvalue weighted by atomic mass is 9.43. The quantitative estimate of drug-likeness (QED) is 0.184. The first-order valence-electron chi connectivity index (χ1n) is 16.8. The van der Waals surface area contributed by atoms with E-state index in [2.05, 4.69) is 42.0 Å². The highest BCUT2D eigenvalue weighted by molar-refractivity contribution is 6.46. The monoisotopic (exact) mass is 644 g/mol. The highest BCUT2D eigenvalue weighted by atomic mass is 16.7. The Morgan fingerprint density at radius 2 is 1.64 bits per heavy atom. The molecule has 4 N–H and O–H groups in total. The Bertz CT molecular complexity index is 1440. The van der Waals surface area contributed by atoms with Crippen LogP contribution >= 0.6 is 0 Å². The van der Waals surface area contributed by atoms with E-state index in [0.717, 1.165) is 24.7 Å². The molecule has 0 spiro atoms. The van der Waals surface area contributed by atoms with E-state index in [4.69, 9.17) is 9.31 Å². The Morgan fingerprint density at radius 1 is 0.979 bits per heavy atom. The van der Waals surface area contributed by atoms with Crippen molar-refractivity contribution < 1.29 is 28.5 Å². The van der Waals surface area contributed by atoms with Crippen LogP contribution in [0.3, 0.4) is 0 Å². The fraction of sp³-hybridized carbons (Fsp3) is 0.556. The van der Waals surface area contributed by atoms with E-state index in [1.165, 1.54) is 0 Å². The van der Waals surface area contributed by atoms with E-state index in [0.29, 0.717) is 23.8 Å². The molecule has 7 unspecified atom stereocenters. The second kappa shape index (κ2) is 13.9. The fourth-order valence-corrected chi connectivity index (χ4v) is 7.63. The largest absolute Gasteiger partial charge is 0.478 e. The predicted octanol–water partition coefficient (Wildman–Crippen LogP) is 3.10. The third-order valence-electron chi connectivity index (χ3n) is 11.1. The van der Waals surface area contributed by atoms with Crippen LogP contribution in [-0.2, 0) is 30.1 Å². The number of benzene rings is 2. The third-order valence-corrected chi connectivity index (χ3v) is 11.1. The van der Waals surface area contributed by atoms with Crippen molar-refractivity contribution in [1.29, 1.82) is 0 Å². The molecule has 3 amide bonds. The lowest BCUT2D eigenvalue weighted by Gasteiger charge is -2.64.